The van der Waals surface area contributed by atoms with Crippen LogP contribution in [-0.4, -0.2) is 42.2 Å². The lowest BCUT2D eigenvalue weighted by Crippen LogP contribution is -2.46. The zero-order chi connectivity index (χ0) is 14.7. The summed E-state index contributed by atoms with van der Waals surface area (Å²) in [7, 11) is 0. The lowest BCUT2D eigenvalue weighted by molar-refractivity contribution is 0.141. The highest BCUT2D eigenvalue weighted by Gasteiger charge is 2.26. The summed E-state index contributed by atoms with van der Waals surface area (Å²) < 4.78 is 1.09. The number of rotatable bonds is 3. The Bertz CT molecular complexity index is 466. The first-order chi connectivity index (χ1) is 10.3. The van der Waals surface area contributed by atoms with E-state index in [1.165, 1.54) is 50.9 Å². The Kier molecular flexibility index (Phi) is 5.19. The Morgan fingerprint density at radius 3 is 2.43 bits per heavy atom. The van der Waals surface area contributed by atoms with Crippen LogP contribution in [0.15, 0.2) is 22.7 Å². The zero-order valence-corrected chi connectivity index (χ0v) is 14.2. The summed E-state index contributed by atoms with van der Waals surface area (Å²) in [5, 5.41) is 9.55. The summed E-state index contributed by atoms with van der Waals surface area (Å²) in [5.74, 6) is 0. The Morgan fingerprint density at radius 1 is 1.05 bits per heavy atom. The molecule has 2 aliphatic heterocycles. The van der Waals surface area contributed by atoms with Gasteiger partial charge in [-0.05, 0) is 50.9 Å². The van der Waals surface area contributed by atoms with Crippen LogP contribution in [0.3, 0.4) is 0 Å². The van der Waals surface area contributed by atoms with Crippen molar-refractivity contribution in [2.45, 2.75) is 44.8 Å². The smallest absolute Gasteiger partial charge is 0.0702 e. The minimum Gasteiger partial charge on any atom is -0.392 e. The molecule has 3 nitrogen and oxygen atoms in total. The van der Waals surface area contributed by atoms with E-state index in [0.717, 1.165) is 29.2 Å². The first-order valence-electron chi connectivity index (χ1n) is 8.16. The van der Waals surface area contributed by atoms with Gasteiger partial charge in [-0.3, -0.25) is 0 Å². The minimum atomic E-state index is 0.120. The molecular formula is C17H25BrN2O. The maximum Gasteiger partial charge on any atom is 0.0702 e. The SMILES string of the molecule is OCc1ccc(Br)cc1N1CCC(N2CCCCC2)CC1. The Hall–Kier alpha value is -0.580. The summed E-state index contributed by atoms with van der Waals surface area (Å²) in [6.45, 7) is 4.91. The van der Waals surface area contributed by atoms with Crippen molar-refractivity contribution in [3.05, 3.63) is 28.2 Å². The van der Waals surface area contributed by atoms with E-state index in [9.17, 15) is 5.11 Å². The van der Waals surface area contributed by atoms with Crippen LogP contribution in [0, 0.1) is 0 Å². The molecule has 0 atom stereocenters. The van der Waals surface area contributed by atoms with E-state index in [0.29, 0.717) is 0 Å². The molecule has 116 valence electrons. The molecule has 0 amide bonds. The van der Waals surface area contributed by atoms with E-state index in [2.05, 4.69) is 31.8 Å². The van der Waals surface area contributed by atoms with Gasteiger partial charge < -0.3 is 14.9 Å². The quantitative estimate of drug-likeness (QED) is 0.902. The Balaban J connectivity index is 1.64. The third-order valence-electron chi connectivity index (χ3n) is 4.93. The molecule has 0 unspecified atom stereocenters. The maximum absolute atomic E-state index is 9.55. The van der Waals surface area contributed by atoms with Gasteiger partial charge in [0.05, 0.1) is 6.61 Å². The number of likely N-dealkylation sites (tertiary alicyclic amines) is 1. The summed E-state index contributed by atoms with van der Waals surface area (Å²) in [6, 6.07) is 6.95. The van der Waals surface area contributed by atoms with Crippen LogP contribution in [0.4, 0.5) is 5.69 Å². The van der Waals surface area contributed by atoms with Gasteiger partial charge in [-0.15, -0.1) is 0 Å². The van der Waals surface area contributed by atoms with Crippen LogP contribution in [0.5, 0.6) is 0 Å². The fraction of sp³-hybridized carbons (Fsp3) is 0.647. The second kappa shape index (κ2) is 7.12. The van der Waals surface area contributed by atoms with Crippen LogP contribution >= 0.6 is 15.9 Å². The second-order valence-electron chi connectivity index (χ2n) is 6.25. The van der Waals surface area contributed by atoms with Gasteiger partial charge >= 0.3 is 0 Å². The van der Waals surface area contributed by atoms with Crippen molar-refractivity contribution in [2.24, 2.45) is 0 Å². The maximum atomic E-state index is 9.55. The first-order valence-corrected chi connectivity index (χ1v) is 8.95. The number of piperidine rings is 2. The van der Waals surface area contributed by atoms with E-state index in [-0.39, 0.29) is 6.61 Å². The first kappa shape index (κ1) is 15.3. The average Bonchev–Trinajstić information content (AvgIpc) is 2.56. The van der Waals surface area contributed by atoms with Crippen molar-refractivity contribution >= 4 is 21.6 Å². The number of aliphatic hydroxyl groups excluding tert-OH is 1. The van der Waals surface area contributed by atoms with E-state index >= 15 is 0 Å². The van der Waals surface area contributed by atoms with Gasteiger partial charge in [0.2, 0.25) is 0 Å². The lowest BCUT2D eigenvalue weighted by atomic mass is 9.99. The summed E-state index contributed by atoms with van der Waals surface area (Å²) >= 11 is 3.55. The zero-order valence-electron chi connectivity index (χ0n) is 12.6. The standard InChI is InChI=1S/C17H25BrN2O/c18-15-5-4-14(13-21)17(12-15)20-10-6-16(7-11-20)19-8-2-1-3-9-19/h4-5,12,16,21H,1-3,6-11,13H2. The largest absolute Gasteiger partial charge is 0.392 e. The number of anilines is 1. The predicted molar refractivity (Wildman–Crippen MR) is 90.7 cm³/mol. The lowest BCUT2D eigenvalue weighted by Gasteiger charge is -2.41. The number of nitrogens with zero attached hydrogens (tertiary/aromatic N) is 2. The predicted octanol–water partition coefficient (Wildman–Crippen LogP) is 3.40. The molecule has 3 rings (SSSR count). The van der Waals surface area contributed by atoms with Crippen LogP contribution in [0.25, 0.3) is 0 Å². The molecule has 0 aromatic heterocycles. The minimum absolute atomic E-state index is 0.120. The fourth-order valence-corrected chi connectivity index (χ4v) is 4.07. The van der Waals surface area contributed by atoms with Gasteiger partial charge in [0.1, 0.15) is 0 Å². The van der Waals surface area contributed by atoms with Crippen molar-refractivity contribution in [2.75, 3.05) is 31.1 Å². The number of aliphatic hydroxyl groups is 1. The molecule has 1 aromatic rings. The molecule has 1 N–H and O–H groups in total. The van der Waals surface area contributed by atoms with Gasteiger partial charge in [-0.25, -0.2) is 0 Å². The summed E-state index contributed by atoms with van der Waals surface area (Å²) in [4.78, 5) is 5.14. The van der Waals surface area contributed by atoms with Crippen molar-refractivity contribution in [1.82, 2.24) is 4.90 Å². The van der Waals surface area contributed by atoms with Gasteiger partial charge in [0, 0.05) is 34.9 Å². The second-order valence-corrected chi connectivity index (χ2v) is 7.16. The molecule has 0 spiro atoms. The molecule has 0 radical (unpaired) electrons. The van der Waals surface area contributed by atoms with Gasteiger partial charge in [-0.2, -0.15) is 0 Å². The topological polar surface area (TPSA) is 26.7 Å². The van der Waals surface area contributed by atoms with Gasteiger partial charge in [0.25, 0.3) is 0 Å². The van der Waals surface area contributed by atoms with E-state index in [4.69, 9.17) is 0 Å². The molecule has 2 saturated heterocycles. The number of hydrogen-bond donors (Lipinski definition) is 1. The van der Waals surface area contributed by atoms with Crippen LogP contribution in [0.1, 0.15) is 37.7 Å². The van der Waals surface area contributed by atoms with E-state index in [1.54, 1.807) is 0 Å². The van der Waals surface area contributed by atoms with E-state index < -0.39 is 0 Å². The molecular weight excluding hydrogens is 328 g/mol. The number of hydrogen-bond acceptors (Lipinski definition) is 3. The average molecular weight is 353 g/mol. The van der Waals surface area contributed by atoms with Crippen molar-refractivity contribution in [1.29, 1.82) is 0 Å². The highest BCUT2D eigenvalue weighted by Crippen LogP contribution is 2.29. The molecule has 0 aliphatic carbocycles. The van der Waals surface area contributed by atoms with Crippen LogP contribution in [-0.2, 0) is 6.61 Å². The van der Waals surface area contributed by atoms with Gasteiger partial charge in [0.15, 0.2) is 0 Å². The molecule has 2 fully saturated rings. The molecule has 2 aliphatic rings. The van der Waals surface area contributed by atoms with Crippen LogP contribution < -0.4 is 4.90 Å². The molecule has 21 heavy (non-hydrogen) atoms. The Morgan fingerprint density at radius 2 is 1.76 bits per heavy atom. The van der Waals surface area contributed by atoms with E-state index in [1.807, 2.05) is 12.1 Å². The van der Waals surface area contributed by atoms with Crippen molar-refractivity contribution < 1.29 is 5.11 Å². The number of benzene rings is 1. The van der Waals surface area contributed by atoms with Gasteiger partial charge in [-0.1, -0.05) is 28.4 Å². The highest BCUT2D eigenvalue weighted by molar-refractivity contribution is 9.10. The highest BCUT2D eigenvalue weighted by atomic mass is 79.9. The summed E-state index contributed by atoms with van der Waals surface area (Å²) in [5.41, 5.74) is 2.23. The van der Waals surface area contributed by atoms with Crippen LogP contribution in [0.2, 0.25) is 0 Å². The molecule has 0 saturated carbocycles. The summed E-state index contributed by atoms with van der Waals surface area (Å²) in [6.07, 6.45) is 6.66. The fourth-order valence-electron chi connectivity index (χ4n) is 3.72. The third kappa shape index (κ3) is 3.61. The Labute approximate surface area is 136 Å². The van der Waals surface area contributed by atoms with Crippen molar-refractivity contribution in [3.63, 3.8) is 0 Å². The molecule has 2 heterocycles. The normalized spacial score (nSPS) is 21.7. The molecule has 0 bridgehead atoms. The molecule has 4 heteroatoms. The third-order valence-corrected chi connectivity index (χ3v) is 5.42. The monoisotopic (exact) mass is 352 g/mol. The number of halogens is 1. The van der Waals surface area contributed by atoms with Crippen molar-refractivity contribution in [3.8, 4) is 0 Å². The molecule has 1 aromatic carbocycles.